The van der Waals surface area contributed by atoms with Gasteiger partial charge in [-0.05, 0) is 121 Å². The quantitative estimate of drug-likeness (QED) is 0.0530. The number of carbonyl (C=O) groups is 4. The van der Waals surface area contributed by atoms with Crippen molar-refractivity contribution < 1.29 is 57.1 Å². The van der Waals surface area contributed by atoms with Gasteiger partial charge in [-0.25, -0.2) is 9.59 Å². The normalized spacial score (nSPS) is 13.8. The molecule has 0 N–H and O–H groups in total. The lowest BCUT2D eigenvalue weighted by molar-refractivity contribution is -0.161. The van der Waals surface area contributed by atoms with Gasteiger partial charge in [0.15, 0.2) is 23.0 Å². The van der Waals surface area contributed by atoms with Crippen molar-refractivity contribution >= 4 is 24.1 Å². The minimum absolute atomic E-state index is 0.109. The lowest BCUT2D eigenvalue weighted by Gasteiger charge is -2.33. The Bertz CT molecular complexity index is 2440. The molecule has 2 atom stereocenters. The molecular formula is C54H54N2O12. The molecule has 2 unspecified atom stereocenters. The largest absolute Gasteiger partial charge is 0.493 e. The Kier molecular flexibility index (Phi) is 16.5. The first kappa shape index (κ1) is 47.9. The summed E-state index contributed by atoms with van der Waals surface area (Å²) in [5, 5.41) is 0. The van der Waals surface area contributed by atoms with Crippen LogP contribution in [0.25, 0.3) is 0 Å². The maximum Gasteiger partial charge on any atom is 0.417 e. The molecule has 0 spiro atoms. The average Bonchev–Trinajstić information content (AvgIpc) is 3.35. The van der Waals surface area contributed by atoms with E-state index >= 15 is 0 Å². The minimum Gasteiger partial charge on any atom is -0.493 e. The fourth-order valence-corrected chi connectivity index (χ4v) is 7.60. The van der Waals surface area contributed by atoms with E-state index in [9.17, 15) is 19.2 Å². The van der Waals surface area contributed by atoms with Crippen LogP contribution in [0, 0.1) is 11.8 Å². The van der Waals surface area contributed by atoms with Crippen LogP contribution in [0.4, 0.5) is 9.59 Å². The van der Waals surface area contributed by atoms with Gasteiger partial charge >= 0.3 is 24.1 Å². The third-order valence-corrected chi connectivity index (χ3v) is 11.6. The monoisotopic (exact) mass is 922 g/mol. The Morgan fingerprint density at radius 3 is 1.10 bits per heavy atom. The van der Waals surface area contributed by atoms with Crippen LogP contribution in [-0.4, -0.2) is 75.5 Å². The Balaban J connectivity index is 1.01. The van der Waals surface area contributed by atoms with E-state index in [4.69, 9.17) is 37.9 Å². The second kappa shape index (κ2) is 23.4. The summed E-state index contributed by atoms with van der Waals surface area (Å²) >= 11 is 0. The number of para-hydroxylation sites is 2. The van der Waals surface area contributed by atoms with Gasteiger partial charge in [0.25, 0.3) is 0 Å². The zero-order valence-corrected chi connectivity index (χ0v) is 38.5. The van der Waals surface area contributed by atoms with Crippen LogP contribution in [0.2, 0.25) is 0 Å². The Morgan fingerprint density at radius 2 is 0.765 bits per heavy atom. The molecule has 0 heterocycles. The van der Waals surface area contributed by atoms with Crippen LogP contribution in [0.1, 0.15) is 35.1 Å². The maximum atomic E-state index is 13.9. The van der Waals surface area contributed by atoms with Gasteiger partial charge in [0.05, 0.1) is 40.3 Å². The molecule has 1 aliphatic carbocycles. The van der Waals surface area contributed by atoms with Crippen molar-refractivity contribution in [2.75, 3.05) is 41.5 Å². The molecule has 352 valence electrons. The topological polar surface area (TPSA) is 149 Å². The van der Waals surface area contributed by atoms with Gasteiger partial charge in [-0.15, -0.1) is 0 Å². The van der Waals surface area contributed by atoms with E-state index in [1.54, 1.807) is 64.8 Å². The molecule has 6 aromatic carbocycles. The molecule has 1 fully saturated rings. The standard InChI is InChI=1S/C54H54N2O12/c1-61-47-27-19-37(33-49(47)63-3)29-31-55(35-39-15-21-43(22-16-39)65-41-11-7-5-8-12-41)53(59)67-51(57)45-25-26-46(45)52(58)68-54(60)56(32-30-38-20-28-48(62-2)50(34-38)64-4)36-40-17-23-44(24-18-40)66-42-13-9-6-10-14-42/h5-24,27-28,33-34,45-46H,25-26,29-32,35-36H2,1-4H3. The van der Waals surface area contributed by atoms with Crippen LogP contribution in [0.15, 0.2) is 146 Å². The first-order valence-electron chi connectivity index (χ1n) is 22.2. The highest BCUT2D eigenvalue weighted by molar-refractivity contribution is 5.93. The third kappa shape index (κ3) is 12.9. The molecule has 14 heteroatoms. The van der Waals surface area contributed by atoms with E-state index in [-0.39, 0.29) is 39.0 Å². The van der Waals surface area contributed by atoms with E-state index < -0.39 is 36.0 Å². The maximum absolute atomic E-state index is 13.9. The summed E-state index contributed by atoms with van der Waals surface area (Å²) < 4.78 is 44.6. The van der Waals surface area contributed by atoms with Gasteiger partial charge in [0, 0.05) is 26.2 Å². The number of carbonyl (C=O) groups excluding carboxylic acids is 4. The zero-order chi connectivity index (χ0) is 47.8. The van der Waals surface area contributed by atoms with Crippen molar-refractivity contribution in [3.8, 4) is 46.0 Å². The molecule has 6 aromatic rings. The van der Waals surface area contributed by atoms with Gasteiger partial charge < -0.3 is 47.7 Å². The molecule has 1 saturated carbocycles. The highest BCUT2D eigenvalue weighted by Crippen LogP contribution is 2.37. The zero-order valence-electron chi connectivity index (χ0n) is 38.5. The number of nitrogens with zero attached hydrogens (tertiary/aromatic N) is 2. The molecule has 0 aliphatic heterocycles. The summed E-state index contributed by atoms with van der Waals surface area (Å²) in [4.78, 5) is 57.9. The summed E-state index contributed by atoms with van der Waals surface area (Å²) in [6.45, 7) is 0.571. The van der Waals surface area contributed by atoms with Gasteiger partial charge in [0.2, 0.25) is 0 Å². The Hall–Kier alpha value is -8.00. The van der Waals surface area contributed by atoms with Crippen molar-refractivity contribution in [1.29, 1.82) is 0 Å². The highest BCUT2D eigenvalue weighted by atomic mass is 16.6. The van der Waals surface area contributed by atoms with E-state index in [2.05, 4.69) is 0 Å². The molecular weight excluding hydrogens is 869 g/mol. The summed E-state index contributed by atoms with van der Waals surface area (Å²) in [7, 11) is 6.19. The first-order valence-corrected chi connectivity index (χ1v) is 22.2. The lowest BCUT2D eigenvalue weighted by Crippen LogP contribution is -2.44. The van der Waals surface area contributed by atoms with Crippen molar-refractivity contribution in [2.45, 2.75) is 38.8 Å². The predicted octanol–water partition coefficient (Wildman–Crippen LogP) is 10.4. The van der Waals surface area contributed by atoms with Gasteiger partial charge in [-0.2, -0.15) is 0 Å². The summed E-state index contributed by atoms with van der Waals surface area (Å²) in [6, 6.07) is 44.2. The number of amides is 2. The molecule has 7 rings (SSSR count). The van der Waals surface area contributed by atoms with Crippen LogP contribution in [0.5, 0.6) is 46.0 Å². The van der Waals surface area contributed by atoms with Crippen LogP contribution in [-0.2, 0) is 45.0 Å². The number of esters is 2. The second-order valence-electron chi connectivity index (χ2n) is 16.0. The average molecular weight is 923 g/mol. The number of benzene rings is 6. The molecule has 0 radical (unpaired) electrons. The number of methoxy groups -OCH3 is 4. The van der Waals surface area contributed by atoms with Crippen molar-refractivity contribution in [3.05, 3.63) is 168 Å². The number of rotatable bonds is 20. The summed E-state index contributed by atoms with van der Waals surface area (Å²) in [5.74, 6) is 1.06. The minimum atomic E-state index is -0.987. The molecule has 68 heavy (non-hydrogen) atoms. The second-order valence-corrected chi connectivity index (χ2v) is 16.0. The molecule has 14 nitrogen and oxygen atoms in total. The SMILES string of the molecule is COc1ccc(CCN(Cc2ccc(Oc3ccccc3)cc2)C(=O)OC(=O)C2CCC2C(=O)OC(=O)N(CCc2ccc(OC)c(OC)c2)Cc2ccc(Oc3ccccc3)cc2)cc1OC. The lowest BCUT2D eigenvalue weighted by atomic mass is 9.74. The summed E-state index contributed by atoms with van der Waals surface area (Å²) in [6.07, 6.45) is -0.418. The fourth-order valence-electron chi connectivity index (χ4n) is 7.60. The molecule has 1 aliphatic rings. The molecule has 0 bridgehead atoms. The summed E-state index contributed by atoms with van der Waals surface area (Å²) in [5.41, 5.74) is 3.24. The van der Waals surface area contributed by atoms with Crippen LogP contribution >= 0.6 is 0 Å². The molecule has 0 saturated heterocycles. The van der Waals surface area contributed by atoms with E-state index in [1.807, 2.05) is 109 Å². The van der Waals surface area contributed by atoms with E-state index in [0.29, 0.717) is 58.8 Å². The van der Waals surface area contributed by atoms with E-state index in [1.165, 1.54) is 9.80 Å². The number of hydrogen-bond donors (Lipinski definition) is 0. The predicted molar refractivity (Wildman–Crippen MR) is 252 cm³/mol. The van der Waals surface area contributed by atoms with Crippen LogP contribution in [0.3, 0.4) is 0 Å². The van der Waals surface area contributed by atoms with Crippen LogP contribution < -0.4 is 28.4 Å². The van der Waals surface area contributed by atoms with Gasteiger partial charge in [-0.3, -0.25) is 9.59 Å². The third-order valence-electron chi connectivity index (χ3n) is 11.6. The van der Waals surface area contributed by atoms with E-state index in [0.717, 1.165) is 22.3 Å². The fraction of sp³-hybridized carbons (Fsp3) is 0.259. The smallest absolute Gasteiger partial charge is 0.417 e. The molecule has 0 aromatic heterocycles. The Morgan fingerprint density at radius 1 is 0.426 bits per heavy atom. The highest BCUT2D eigenvalue weighted by Gasteiger charge is 2.45. The van der Waals surface area contributed by atoms with Crippen molar-refractivity contribution in [2.24, 2.45) is 11.8 Å². The van der Waals surface area contributed by atoms with Gasteiger partial charge in [-0.1, -0.05) is 72.8 Å². The number of hydrogen-bond acceptors (Lipinski definition) is 12. The van der Waals surface area contributed by atoms with Crippen molar-refractivity contribution in [3.63, 3.8) is 0 Å². The van der Waals surface area contributed by atoms with Gasteiger partial charge in [0.1, 0.15) is 23.0 Å². The first-order chi connectivity index (χ1) is 33.1. The molecule has 2 amide bonds. The Labute approximate surface area is 395 Å². The number of ether oxygens (including phenoxy) is 8. The van der Waals surface area contributed by atoms with Crippen molar-refractivity contribution in [1.82, 2.24) is 9.80 Å².